The van der Waals surface area contributed by atoms with Crippen LogP contribution in [0.1, 0.15) is 18.9 Å². The molecule has 0 aliphatic heterocycles. The highest BCUT2D eigenvalue weighted by molar-refractivity contribution is 5.90. The van der Waals surface area contributed by atoms with Gasteiger partial charge in [-0.15, -0.1) is 0 Å². The fourth-order valence-corrected chi connectivity index (χ4v) is 3.15. The molecule has 0 amide bonds. The van der Waals surface area contributed by atoms with Gasteiger partial charge in [-0.1, -0.05) is 30.3 Å². The zero-order chi connectivity index (χ0) is 17.7. The SMILES string of the molecule is Nc1nccc(-c2nc3c(-c4ccccc4)nc(N)nc3n2C2CC2)n1. The van der Waals surface area contributed by atoms with Crippen molar-refractivity contribution in [1.29, 1.82) is 0 Å². The van der Waals surface area contributed by atoms with Gasteiger partial charge in [-0.2, -0.15) is 4.98 Å². The lowest BCUT2D eigenvalue weighted by atomic mass is 10.1. The topological polar surface area (TPSA) is 121 Å². The molecule has 0 unspecified atom stereocenters. The molecule has 4 N–H and O–H groups in total. The van der Waals surface area contributed by atoms with Crippen molar-refractivity contribution in [2.45, 2.75) is 18.9 Å². The summed E-state index contributed by atoms with van der Waals surface area (Å²) in [4.78, 5) is 22.1. The van der Waals surface area contributed by atoms with E-state index in [1.807, 2.05) is 30.3 Å². The van der Waals surface area contributed by atoms with Crippen molar-refractivity contribution in [2.24, 2.45) is 0 Å². The highest BCUT2D eigenvalue weighted by Gasteiger charge is 2.31. The van der Waals surface area contributed by atoms with E-state index in [9.17, 15) is 0 Å². The minimum absolute atomic E-state index is 0.214. The second-order valence-corrected chi connectivity index (χ2v) is 6.31. The summed E-state index contributed by atoms with van der Waals surface area (Å²) in [5, 5.41) is 0. The molecule has 8 heteroatoms. The monoisotopic (exact) mass is 344 g/mol. The van der Waals surface area contributed by atoms with Crippen molar-refractivity contribution in [3.8, 4) is 22.8 Å². The van der Waals surface area contributed by atoms with Crippen molar-refractivity contribution in [3.05, 3.63) is 42.6 Å². The number of hydrogen-bond donors (Lipinski definition) is 2. The zero-order valence-electron chi connectivity index (χ0n) is 13.9. The van der Waals surface area contributed by atoms with Crippen LogP contribution in [0, 0.1) is 0 Å². The van der Waals surface area contributed by atoms with Crippen LogP contribution in [0.3, 0.4) is 0 Å². The van der Waals surface area contributed by atoms with E-state index in [0.717, 1.165) is 29.7 Å². The maximum atomic E-state index is 6.01. The summed E-state index contributed by atoms with van der Waals surface area (Å²) in [6.45, 7) is 0. The third-order valence-electron chi connectivity index (χ3n) is 4.42. The average Bonchev–Trinajstić information content (AvgIpc) is 3.42. The van der Waals surface area contributed by atoms with E-state index in [2.05, 4.69) is 24.5 Å². The Balaban J connectivity index is 1.83. The number of rotatable bonds is 3. The second-order valence-electron chi connectivity index (χ2n) is 6.31. The van der Waals surface area contributed by atoms with E-state index in [1.54, 1.807) is 12.3 Å². The van der Waals surface area contributed by atoms with Gasteiger partial charge in [0.1, 0.15) is 16.9 Å². The van der Waals surface area contributed by atoms with E-state index in [4.69, 9.17) is 16.5 Å². The molecule has 3 aromatic heterocycles. The maximum Gasteiger partial charge on any atom is 0.222 e. The Morgan fingerprint density at radius 1 is 0.885 bits per heavy atom. The van der Waals surface area contributed by atoms with Crippen LogP contribution >= 0.6 is 0 Å². The quantitative estimate of drug-likeness (QED) is 0.585. The minimum atomic E-state index is 0.214. The summed E-state index contributed by atoms with van der Waals surface area (Å²) in [7, 11) is 0. The van der Waals surface area contributed by atoms with Gasteiger partial charge in [0.15, 0.2) is 11.5 Å². The Hall–Kier alpha value is -3.55. The van der Waals surface area contributed by atoms with E-state index in [1.165, 1.54) is 0 Å². The van der Waals surface area contributed by atoms with Gasteiger partial charge >= 0.3 is 0 Å². The molecule has 0 spiro atoms. The highest BCUT2D eigenvalue weighted by atomic mass is 15.2. The molecule has 0 bridgehead atoms. The molecule has 0 atom stereocenters. The van der Waals surface area contributed by atoms with Gasteiger partial charge in [-0.05, 0) is 18.9 Å². The largest absolute Gasteiger partial charge is 0.368 e. The Labute approximate surface area is 149 Å². The molecule has 5 rings (SSSR count). The number of nitrogens with zero attached hydrogens (tertiary/aromatic N) is 6. The van der Waals surface area contributed by atoms with Gasteiger partial charge in [0.05, 0.1) is 0 Å². The zero-order valence-corrected chi connectivity index (χ0v) is 13.9. The van der Waals surface area contributed by atoms with E-state index in [-0.39, 0.29) is 11.9 Å². The lowest BCUT2D eigenvalue weighted by Gasteiger charge is -2.07. The standard InChI is InChI=1S/C18H16N8/c19-17-21-9-8-12(22-17)15-23-14-13(10-4-2-1-3-5-10)24-18(20)25-16(14)26(15)11-6-7-11/h1-5,8-9,11H,6-7H2,(H2,19,21,22)(H2,20,24,25). The van der Waals surface area contributed by atoms with Gasteiger partial charge in [0.25, 0.3) is 0 Å². The first kappa shape index (κ1) is 14.8. The van der Waals surface area contributed by atoms with Crippen molar-refractivity contribution < 1.29 is 0 Å². The van der Waals surface area contributed by atoms with Crippen LogP contribution in [0.5, 0.6) is 0 Å². The molecule has 26 heavy (non-hydrogen) atoms. The number of fused-ring (bicyclic) bond motifs is 1. The summed E-state index contributed by atoms with van der Waals surface area (Å²) in [6, 6.07) is 12.0. The molecular formula is C18H16N8. The van der Waals surface area contributed by atoms with Gasteiger partial charge in [0.2, 0.25) is 11.9 Å². The average molecular weight is 344 g/mol. The molecule has 1 aliphatic rings. The third kappa shape index (κ3) is 2.34. The smallest absolute Gasteiger partial charge is 0.222 e. The first-order valence-corrected chi connectivity index (χ1v) is 8.40. The van der Waals surface area contributed by atoms with E-state index >= 15 is 0 Å². The molecule has 0 radical (unpaired) electrons. The normalized spacial score (nSPS) is 14.0. The molecule has 1 saturated carbocycles. The van der Waals surface area contributed by atoms with Crippen LogP contribution in [0.2, 0.25) is 0 Å². The van der Waals surface area contributed by atoms with Crippen molar-refractivity contribution in [1.82, 2.24) is 29.5 Å². The van der Waals surface area contributed by atoms with Crippen LogP contribution in [0.25, 0.3) is 33.9 Å². The van der Waals surface area contributed by atoms with Gasteiger partial charge in [0, 0.05) is 17.8 Å². The third-order valence-corrected chi connectivity index (χ3v) is 4.42. The number of nitrogen functional groups attached to an aromatic ring is 2. The van der Waals surface area contributed by atoms with Crippen LogP contribution < -0.4 is 11.5 Å². The number of aromatic nitrogens is 6. The van der Waals surface area contributed by atoms with Gasteiger partial charge < -0.3 is 16.0 Å². The molecule has 0 saturated heterocycles. The molecule has 1 aromatic carbocycles. The Morgan fingerprint density at radius 3 is 2.42 bits per heavy atom. The first-order valence-electron chi connectivity index (χ1n) is 8.40. The highest BCUT2D eigenvalue weighted by Crippen LogP contribution is 2.41. The molecule has 1 fully saturated rings. The fourth-order valence-electron chi connectivity index (χ4n) is 3.15. The Kier molecular flexibility index (Phi) is 3.11. The fraction of sp³-hybridized carbons (Fsp3) is 0.167. The molecular weight excluding hydrogens is 328 g/mol. The van der Waals surface area contributed by atoms with Crippen LogP contribution in [0.4, 0.5) is 11.9 Å². The van der Waals surface area contributed by atoms with Crippen LogP contribution in [0.15, 0.2) is 42.6 Å². The number of hydrogen-bond acceptors (Lipinski definition) is 7. The molecule has 3 heterocycles. The summed E-state index contributed by atoms with van der Waals surface area (Å²) >= 11 is 0. The lowest BCUT2D eigenvalue weighted by Crippen LogP contribution is -2.04. The summed E-state index contributed by atoms with van der Waals surface area (Å²) in [5.41, 5.74) is 15.6. The molecule has 128 valence electrons. The lowest BCUT2D eigenvalue weighted by molar-refractivity contribution is 0.763. The van der Waals surface area contributed by atoms with Crippen molar-refractivity contribution >= 4 is 23.1 Å². The summed E-state index contributed by atoms with van der Waals surface area (Å²) in [5.74, 6) is 1.16. The second kappa shape index (κ2) is 5.48. The van der Waals surface area contributed by atoms with Crippen LogP contribution in [-0.2, 0) is 0 Å². The summed E-state index contributed by atoms with van der Waals surface area (Å²) < 4.78 is 2.10. The van der Waals surface area contributed by atoms with Gasteiger partial charge in [-0.25, -0.2) is 19.9 Å². The van der Waals surface area contributed by atoms with Crippen molar-refractivity contribution in [2.75, 3.05) is 11.5 Å². The Bertz CT molecular complexity index is 1110. The van der Waals surface area contributed by atoms with Crippen LogP contribution in [-0.4, -0.2) is 29.5 Å². The van der Waals surface area contributed by atoms with E-state index < -0.39 is 0 Å². The van der Waals surface area contributed by atoms with Gasteiger partial charge in [-0.3, -0.25) is 0 Å². The maximum absolute atomic E-state index is 6.01. The predicted octanol–water partition coefficient (Wildman–Crippen LogP) is 2.45. The van der Waals surface area contributed by atoms with E-state index in [0.29, 0.717) is 23.1 Å². The summed E-state index contributed by atoms with van der Waals surface area (Å²) in [6.07, 6.45) is 3.78. The number of imidazole rings is 1. The first-order chi connectivity index (χ1) is 12.7. The minimum Gasteiger partial charge on any atom is -0.368 e. The Morgan fingerprint density at radius 2 is 1.69 bits per heavy atom. The molecule has 8 nitrogen and oxygen atoms in total. The number of anilines is 2. The molecule has 1 aliphatic carbocycles. The van der Waals surface area contributed by atoms with Crippen molar-refractivity contribution in [3.63, 3.8) is 0 Å². The number of benzene rings is 1. The number of nitrogens with two attached hydrogens (primary N) is 2. The predicted molar refractivity (Wildman–Crippen MR) is 98.9 cm³/mol. The molecule has 4 aromatic rings.